The highest BCUT2D eigenvalue weighted by Crippen LogP contribution is 2.19. The molecule has 0 saturated carbocycles. The molecule has 0 bridgehead atoms. The summed E-state index contributed by atoms with van der Waals surface area (Å²) in [6, 6.07) is 12.0. The van der Waals surface area contributed by atoms with Gasteiger partial charge in [-0.1, -0.05) is 44.2 Å². The van der Waals surface area contributed by atoms with Gasteiger partial charge >= 0.3 is 0 Å². The SMILES string of the molecule is CCNC(CN1CCCN(C)CC1CC)c1ccccc1. The van der Waals surface area contributed by atoms with Gasteiger partial charge < -0.3 is 10.2 Å². The molecular formula is C18H31N3. The van der Waals surface area contributed by atoms with Crippen LogP contribution in [-0.4, -0.2) is 55.6 Å². The van der Waals surface area contributed by atoms with Gasteiger partial charge in [-0.3, -0.25) is 4.90 Å². The number of hydrogen-bond acceptors (Lipinski definition) is 3. The zero-order valence-corrected chi connectivity index (χ0v) is 13.9. The van der Waals surface area contributed by atoms with Crippen molar-refractivity contribution in [2.24, 2.45) is 0 Å². The maximum Gasteiger partial charge on any atom is 0.0449 e. The fraction of sp³-hybridized carbons (Fsp3) is 0.667. The molecule has 2 atom stereocenters. The first kappa shape index (κ1) is 16.5. The molecule has 3 heteroatoms. The Morgan fingerprint density at radius 2 is 1.95 bits per heavy atom. The Kier molecular flexibility index (Phi) is 6.68. The molecule has 0 spiro atoms. The van der Waals surface area contributed by atoms with Crippen LogP contribution in [0.5, 0.6) is 0 Å². The monoisotopic (exact) mass is 289 g/mol. The highest BCUT2D eigenvalue weighted by Gasteiger charge is 2.24. The van der Waals surface area contributed by atoms with Crippen LogP contribution >= 0.6 is 0 Å². The predicted octanol–water partition coefficient (Wildman–Crippen LogP) is 2.75. The lowest BCUT2D eigenvalue weighted by molar-refractivity contribution is 0.166. The Morgan fingerprint density at radius 1 is 1.19 bits per heavy atom. The van der Waals surface area contributed by atoms with E-state index in [2.05, 4.69) is 66.3 Å². The molecule has 0 aliphatic carbocycles. The number of rotatable bonds is 6. The van der Waals surface area contributed by atoms with E-state index >= 15 is 0 Å². The van der Waals surface area contributed by atoms with Gasteiger partial charge in [0.15, 0.2) is 0 Å². The molecular weight excluding hydrogens is 258 g/mol. The molecule has 2 rings (SSSR count). The van der Waals surface area contributed by atoms with Crippen LogP contribution in [0.4, 0.5) is 0 Å². The highest BCUT2D eigenvalue weighted by molar-refractivity contribution is 5.19. The van der Waals surface area contributed by atoms with E-state index in [0.717, 1.165) is 13.1 Å². The lowest BCUT2D eigenvalue weighted by atomic mass is 10.0. The second-order valence-electron chi connectivity index (χ2n) is 6.19. The van der Waals surface area contributed by atoms with E-state index in [1.807, 2.05) is 0 Å². The number of benzene rings is 1. The Hall–Kier alpha value is -0.900. The molecule has 1 aliphatic rings. The molecule has 1 heterocycles. The third-order valence-electron chi connectivity index (χ3n) is 4.56. The first-order chi connectivity index (χ1) is 10.2. The van der Waals surface area contributed by atoms with Gasteiger partial charge in [-0.15, -0.1) is 0 Å². The van der Waals surface area contributed by atoms with Crippen LogP contribution in [0.15, 0.2) is 30.3 Å². The summed E-state index contributed by atoms with van der Waals surface area (Å²) in [6.07, 6.45) is 2.51. The van der Waals surface area contributed by atoms with Crippen LogP contribution in [0.2, 0.25) is 0 Å². The Balaban J connectivity index is 2.07. The van der Waals surface area contributed by atoms with Crippen LogP contribution in [-0.2, 0) is 0 Å². The lowest BCUT2D eigenvalue weighted by Gasteiger charge is -2.33. The number of nitrogens with one attached hydrogen (secondary N) is 1. The Labute approximate surface area is 130 Å². The van der Waals surface area contributed by atoms with Crippen molar-refractivity contribution in [1.29, 1.82) is 0 Å². The zero-order chi connectivity index (χ0) is 15.1. The van der Waals surface area contributed by atoms with Gasteiger partial charge in [-0.05, 0) is 45.1 Å². The van der Waals surface area contributed by atoms with Gasteiger partial charge in [0.05, 0.1) is 0 Å². The van der Waals surface area contributed by atoms with Crippen molar-refractivity contribution in [3.8, 4) is 0 Å². The van der Waals surface area contributed by atoms with E-state index < -0.39 is 0 Å². The topological polar surface area (TPSA) is 18.5 Å². The fourth-order valence-corrected chi connectivity index (χ4v) is 3.37. The van der Waals surface area contributed by atoms with E-state index in [9.17, 15) is 0 Å². The smallest absolute Gasteiger partial charge is 0.0449 e. The van der Waals surface area contributed by atoms with E-state index in [-0.39, 0.29) is 0 Å². The minimum Gasteiger partial charge on any atom is -0.309 e. The van der Waals surface area contributed by atoms with Crippen molar-refractivity contribution in [3.63, 3.8) is 0 Å². The maximum absolute atomic E-state index is 3.67. The fourth-order valence-electron chi connectivity index (χ4n) is 3.37. The summed E-state index contributed by atoms with van der Waals surface area (Å²) >= 11 is 0. The second-order valence-corrected chi connectivity index (χ2v) is 6.19. The molecule has 1 N–H and O–H groups in total. The van der Waals surface area contributed by atoms with Crippen molar-refractivity contribution in [2.75, 3.05) is 39.8 Å². The molecule has 1 aromatic rings. The van der Waals surface area contributed by atoms with Crippen molar-refractivity contribution < 1.29 is 0 Å². The minimum atomic E-state index is 0.439. The van der Waals surface area contributed by atoms with E-state index in [0.29, 0.717) is 12.1 Å². The zero-order valence-electron chi connectivity index (χ0n) is 13.9. The standard InChI is InChI=1S/C18H31N3/c1-4-17-14-20(3)12-9-13-21(17)15-18(19-5-2)16-10-7-6-8-11-16/h6-8,10-11,17-19H,4-5,9,12-15H2,1-3H3. The van der Waals surface area contributed by atoms with Crippen LogP contribution in [0.25, 0.3) is 0 Å². The lowest BCUT2D eigenvalue weighted by Crippen LogP contribution is -2.44. The molecule has 0 amide bonds. The normalized spacial score (nSPS) is 22.9. The predicted molar refractivity (Wildman–Crippen MR) is 90.6 cm³/mol. The second kappa shape index (κ2) is 8.52. The third-order valence-corrected chi connectivity index (χ3v) is 4.56. The first-order valence-corrected chi connectivity index (χ1v) is 8.45. The quantitative estimate of drug-likeness (QED) is 0.869. The molecule has 0 radical (unpaired) electrons. The molecule has 118 valence electrons. The third kappa shape index (κ3) is 4.80. The molecule has 3 nitrogen and oxygen atoms in total. The molecule has 1 fully saturated rings. The summed E-state index contributed by atoms with van der Waals surface area (Å²) in [5, 5.41) is 3.67. The maximum atomic E-state index is 3.67. The van der Waals surface area contributed by atoms with Crippen LogP contribution in [0, 0.1) is 0 Å². The van der Waals surface area contributed by atoms with Crippen LogP contribution < -0.4 is 5.32 Å². The summed E-state index contributed by atoms with van der Waals surface area (Å²) in [7, 11) is 2.26. The largest absolute Gasteiger partial charge is 0.309 e. The number of hydrogen-bond donors (Lipinski definition) is 1. The van der Waals surface area contributed by atoms with Crippen molar-refractivity contribution in [3.05, 3.63) is 35.9 Å². The molecule has 1 aliphatic heterocycles. The number of likely N-dealkylation sites (N-methyl/N-ethyl adjacent to an activating group) is 2. The van der Waals surface area contributed by atoms with Gasteiger partial charge in [-0.2, -0.15) is 0 Å². The Morgan fingerprint density at radius 3 is 2.62 bits per heavy atom. The average Bonchev–Trinajstić information content (AvgIpc) is 2.69. The minimum absolute atomic E-state index is 0.439. The van der Waals surface area contributed by atoms with Crippen LogP contribution in [0.3, 0.4) is 0 Å². The average molecular weight is 289 g/mol. The number of nitrogens with zero attached hydrogens (tertiary/aromatic N) is 2. The van der Waals surface area contributed by atoms with Crippen molar-refractivity contribution >= 4 is 0 Å². The van der Waals surface area contributed by atoms with Crippen LogP contribution in [0.1, 0.15) is 38.3 Å². The molecule has 1 aromatic carbocycles. The van der Waals surface area contributed by atoms with Gasteiger partial charge in [0.25, 0.3) is 0 Å². The van der Waals surface area contributed by atoms with Gasteiger partial charge in [-0.25, -0.2) is 0 Å². The summed E-state index contributed by atoms with van der Waals surface area (Å²) < 4.78 is 0. The summed E-state index contributed by atoms with van der Waals surface area (Å²) in [5.41, 5.74) is 1.41. The Bertz CT molecular complexity index is 393. The summed E-state index contributed by atoms with van der Waals surface area (Å²) in [4.78, 5) is 5.18. The molecule has 0 aromatic heterocycles. The summed E-state index contributed by atoms with van der Waals surface area (Å²) in [5.74, 6) is 0. The van der Waals surface area contributed by atoms with Gasteiger partial charge in [0, 0.05) is 25.2 Å². The van der Waals surface area contributed by atoms with Crippen molar-refractivity contribution in [1.82, 2.24) is 15.1 Å². The molecule has 1 saturated heterocycles. The molecule has 2 unspecified atom stereocenters. The van der Waals surface area contributed by atoms with Gasteiger partial charge in [0.2, 0.25) is 0 Å². The summed E-state index contributed by atoms with van der Waals surface area (Å²) in [6.45, 7) is 10.3. The first-order valence-electron chi connectivity index (χ1n) is 8.45. The van der Waals surface area contributed by atoms with Crippen molar-refractivity contribution in [2.45, 2.75) is 38.8 Å². The van der Waals surface area contributed by atoms with Gasteiger partial charge in [0.1, 0.15) is 0 Å². The highest BCUT2D eigenvalue weighted by atomic mass is 15.2. The van der Waals surface area contributed by atoms with E-state index in [1.165, 1.54) is 38.0 Å². The molecule has 21 heavy (non-hydrogen) atoms. The van der Waals surface area contributed by atoms with E-state index in [1.54, 1.807) is 0 Å². The van der Waals surface area contributed by atoms with E-state index in [4.69, 9.17) is 0 Å².